The fourth-order valence-electron chi connectivity index (χ4n) is 3.31. The van der Waals surface area contributed by atoms with Crippen molar-refractivity contribution in [3.05, 3.63) is 65.2 Å². The summed E-state index contributed by atoms with van der Waals surface area (Å²) >= 11 is 0. The summed E-state index contributed by atoms with van der Waals surface area (Å²) in [4.78, 5) is 25.4. The summed E-state index contributed by atoms with van der Waals surface area (Å²) in [6, 6.07) is 9.64. The van der Waals surface area contributed by atoms with Crippen LogP contribution in [0.5, 0.6) is 0 Å². The van der Waals surface area contributed by atoms with Gasteiger partial charge in [-0.2, -0.15) is 13.2 Å². The van der Waals surface area contributed by atoms with E-state index >= 15 is 0 Å². The molecule has 0 aliphatic carbocycles. The van der Waals surface area contributed by atoms with Crippen molar-refractivity contribution in [1.82, 2.24) is 10.3 Å². The second kappa shape index (κ2) is 9.17. The lowest BCUT2D eigenvalue weighted by Crippen LogP contribution is -2.51. The number of nitrogens with zero attached hydrogens (tertiary/aromatic N) is 1. The Morgan fingerprint density at radius 3 is 2.25 bits per heavy atom. The molecule has 0 bridgehead atoms. The van der Waals surface area contributed by atoms with E-state index in [1.54, 1.807) is 12.1 Å². The Hall–Kier alpha value is -3.12. The first-order chi connectivity index (χ1) is 15.0. The topological polar surface area (TPSA) is 122 Å². The molecular formula is C20H21F3N4O4S. The molecule has 0 spiro atoms. The molecule has 1 unspecified atom stereocenters. The summed E-state index contributed by atoms with van der Waals surface area (Å²) in [6.45, 7) is -0.0965. The van der Waals surface area contributed by atoms with Gasteiger partial charge in [0.05, 0.1) is 16.6 Å². The highest BCUT2D eigenvalue weighted by Crippen LogP contribution is 2.30. The first kappa shape index (κ1) is 23.5. The molecule has 0 saturated carbocycles. The minimum atomic E-state index is -4.48. The fourth-order valence-corrected chi connectivity index (χ4v) is 4.98. The molecule has 1 atom stereocenters. The van der Waals surface area contributed by atoms with Crippen molar-refractivity contribution in [1.29, 1.82) is 0 Å². The van der Waals surface area contributed by atoms with Gasteiger partial charge in [0, 0.05) is 24.3 Å². The van der Waals surface area contributed by atoms with Crippen molar-refractivity contribution in [2.45, 2.75) is 17.8 Å². The molecule has 1 aliphatic rings. The standard InChI is InChI=1S/C20H21F3N4O4S/c21-20(22,23)15-5-7-16(8-6-15)25-19(29)27-9-10-32(30,31)17(12-27)11-13-1-3-14(4-2-13)18(28)26-24/h1-8,17H,9-12,24H2,(H,25,29)(H,26,28). The number of benzene rings is 2. The largest absolute Gasteiger partial charge is 0.416 e. The number of nitrogens with two attached hydrogens (primary N) is 1. The SMILES string of the molecule is NNC(=O)c1ccc(CC2CN(C(=O)Nc3ccc(C(F)(F)F)cc3)CCS2(=O)=O)cc1. The highest BCUT2D eigenvalue weighted by atomic mass is 32.2. The smallest absolute Gasteiger partial charge is 0.322 e. The van der Waals surface area contributed by atoms with E-state index in [1.807, 2.05) is 5.43 Å². The number of hydrogen-bond donors (Lipinski definition) is 3. The normalized spacial score (nSPS) is 18.1. The van der Waals surface area contributed by atoms with Crippen LogP contribution in [0.15, 0.2) is 48.5 Å². The van der Waals surface area contributed by atoms with Crippen molar-refractivity contribution >= 4 is 27.5 Å². The third-order valence-corrected chi connectivity index (χ3v) is 7.22. The third kappa shape index (κ3) is 5.56. The molecule has 32 heavy (non-hydrogen) atoms. The van der Waals surface area contributed by atoms with Crippen LogP contribution in [0.3, 0.4) is 0 Å². The van der Waals surface area contributed by atoms with Crippen molar-refractivity contribution in [3.8, 4) is 0 Å². The maximum absolute atomic E-state index is 12.7. The number of carbonyl (C=O) groups excluding carboxylic acids is 2. The number of hydrazine groups is 1. The molecule has 1 aliphatic heterocycles. The van der Waals surface area contributed by atoms with Gasteiger partial charge in [0.25, 0.3) is 5.91 Å². The molecule has 4 N–H and O–H groups in total. The van der Waals surface area contributed by atoms with Gasteiger partial charge in [-0.25, -0.2) is 19.1 Å². The van der Waals surface area contributed by atoms with Crippen LogP contribution in [-0.2, 0) is 22.4 Å². The van der Waals surface area contributed by atoms with Crippen LogP contribution in [0.4, 0.5) is 23.7 Å². The molecule has 0 aromatic heterocycles. The van der Waals surface area contributed by atoms with Crippen LogP contribution in [0.2, 0.25) is 0 Å². The summed E-state index contributed by atoms with van der Waals surface area (Å²) in [6.07, 6.45) is -4.35. The minimum absolute atomic E-state index is 0.0269. The number of halogens is 3. The summed E-state index contributed by atoms with van der Waals surface area (Å²) in [5.74, 6) is 4.37. The highest BCUT2D eigenvalue weighted by molar-refractivity contribution is 7.92. The molecule has 1 fully saturated rings. The molecule has 3 rings (SSSR count). The number of hydrogen-bond acceptors (Lipinski definition) is 5. The number of amides is 3. The van der Waals surface area contributed by atoms with E-state index in [4.69, 9.17) is 5.84 Å². The average Bonchev–Trinajstić information content (AvgIpc) is 2.74. The van der Waals surface area contributed by atoms with Crippen LogP contribution in [0.1, 0.15) is 21.5 Å². The average molecular weight is 470 g/mol. The first-order valence-corrected chi connectivity index (χ1v) is 11.3. The lowest BCUT2D eigenvalue weighted by molar-refractivity contribution is -0.137. The Morgan fingerprint density at radius 2 is 1.69 bits per heavy atom. The molecule has 2 aromatic rings. The summed E-state index contributed by atoms with van der Waals surface area (Å²) in [5.41, 5.74) is 2.32. The van der Waals surface area contributed by atoms with E-state index < -0.39 is 38.8 Å². The van der Waals surface area contributed by atoms with Gasteiger partial charge in [-0.3, -0.25) is 10.2 Å². The zero-order valence-corrected chi connectivity index (χ0v) is 17.5. The number of anilines is 1. The molecule has 0 radical (unpaired) electrons. The number of carbonyl (C=O) groups is 2. The summed E-state index contributed by atoms with van der Waals surface area (Å²) in [7, 11) is -3.46. The van der Waals surface area contributed by atoms with Gasteiger partial charge in [-0.15, -0.1) is 0 Å². The van der Waals surface area contributed by atoms with Gasteiger partial charge in [0.1, 0.15) is 0 Å². The van der Waals surface area contributed by atoms with E-state index in [0.717, 1.165) is 24.3 Å². The number of sulfone groups is 1. The van der Waals surface area contributed by atoms with Gasteiger partial charge in [-0.1, -0.05) is 12.1 Å². The van der Waals surface area contributed by atoms with E-state index in [0.29, 0.717) is 11.1 Å². The Kier molecular flexibility index (Phi) is 6.74. The summed E-state index contributed by atoms with van der Waals surface area (Å²) < 4.78 is 63.0. The second-order valence-electron chi connectivity index (χ2n) is 7.31. The molecule has 8 nitrogen and oxygen atoms in total. The number of rotatable bonds is 4. The van der Waals surface area contributed by atoms with Crippen LogP contribution in [-0.4, -0.2) is 49.3 Å². The van der Waals surface area contributed by atoms with Crippen LogP contribution >= 0.6 is 0 Å². The zero-order chi connectivity index (χ0) is 23.5. The Morgan fingerprint density at radius 1 is 1.06 bits per heavy atom. The molecule has 2 aromatic carbocycles. The predicted molar refractivity (Wildman–Crippen MR) is 111 cm³/mol. The number of nitrogens with one attached hydrogen (secondary N) is 2. The lowest BCUT2D eigenvalue weighted by atomic mass is 10.1. The second-order valence-corrected chi connectivity index (χ2v) is 9.72. The van der Waals surface area contributed by atoms with Crippen molar-refractivity contribution < 1.29 is 31.2 Å². The van der Waals surface area contributed by atoms with Crippen molar-refractivity contribution in [2.24, 2.45) is 5.84 Å². The Labute approximate surface area is 182 Å². The molecular weight excluding hydrogens is 449 g/mol. The van der Waals surface area contributed by atoms with Gasteiger partial charge >= 0.3 is 12.2 Å². The van der Waals surface area contributed by atoms with Crippen LogP contribution in [0.25, 0.3) is 0 Å². The van der Waals surface area contributed by atoms with E-state index in [-0.39, 0.29) is 31.0 Å². The monoisotopic (exact) mass is 470 g/mol. The Balaban J connectivity index is 1.66. The number of urea groups is 1. The fraction of sp³-hybridized carbons (Fsp3) is 0.300. The van der Waals surface area contributed by atoms with Gasteiger partial charge in [-0.05, 0) is 48.4 Å². The number of nitrogen functional groups attached to an aromatic ring is 1. The van der Waals surface area contributed by atoms with Crippen LogP contribution < -0.4 is 16.6 Å². The molecule has 12 heteroatoms. The maximum Gasteiger partial charge on any atom is 0.416 e. The molecule has 1 saturated heterocycles. The van der Waals surface area contributed by atoms with Gasteiger partial charge < -0.3 is 10.2 Å². The first-order valence-electron chi connectivity index (χ1n) is 9.54. The van der Waals surface area contributed by atoms with Crippen molar-refractivity contribution in [3.63, 3.8) is 0 Å². The van der Waals surface area contributed by atoms with Crippen molar-refractivity contribution in [2.75, 3.05) is 24.2 Å². The van der Waals surface area contributed by atoms with E-state index in [1.165, 1.54) is 17.0 Å². The van der Waals surface area contributed by atoms with Crippen LogP contribution in [0, 0.1) is 0 Å². The number of alkyl halides is 3. The van der Waals surface area contributed by atoms with Gasteiger partial charge in [0.15, 0.2) is 9.84 Å². The Bertz CT molecular complexity index is 1090. The lowest BCUT2D eigenvalue weighted by Gasteiger charge is -2.32. The zero-order valence-electron chi connectivity index (χ0n) is 16.7. The third-order valence-electron chi connectivity index (χ3n) is 5.14. The predicted octanol–water partition coefficient (Wildman–Crippen LogP) is 2.18. The molecule has 1 heterocycles. The molecule has 3 amide bonds. The highest BCUT2D eigenvalue weighted by Gasteiger charge is 2.35. The molecule has 172 valence electrons. The van der Waals surface area contributed by atoms with Gasteiger partial charge in [0.2, 0.25) is 0 Å². The van der Waals surface area contributed by atoms with E-state index in [9.17, 15) is 31.2 Å². The maximum atomic E-state index is 12.7. The quantitative estimate of drug-likeness (QED) is 0.359. The van der Waals surface area contributed by atoms with E-state index in [2.05, 4.69) is 5.32 Å². The summed E-state index contributed by atoms with van der Waals surface area (Å²) in [5, 5.41) is 1.64. The minimum Gasteiger partial charge on any atom is -0.322 e.